The van der Waals surface area contributed by atoms with E-state index in [2.05, 4.69) is 39.9 Å². The highest BCUT2D eigenvalue weighted by Gasteiger charge is 2.65. The lowest BCUT2D eigenvalue weighted by molar-refractivity contribution is -0.183. The Morgan fingerprint density at radius 2 is 1.84 bits per heavy atom. The van der Waals surface area contributed by atoms with Crippen molar-refractivity contribution in [2.45, 2.75) is 130 Å². The van der Waals surface area contributed by atoms with Gasteiger partial charge in [-0.3, -0.25) is 4.79 Å². The third-order valence-electron chi connectivity index (χ3n) is 11.6. The average Bonchev–Trinajstić information content (AvgIpc) is 3.20. The molecule has 37 heavy (non-hydrogen) atoms. The van der Waals surface area contributed by atoms with Crippen molar-refractivity contribution >= 4 is 5.97 Å². The van der Waals surface area contributed by atoms with Crippen LogP contribution in [0.4, 0.5) is 0 Å². The summed E-state index contributed by atoms with van der Waals surface area (Å²) in [6.45, 7) is 13.6. The van der Waals surface area contributed by atoms with Gasteiger partial charge in [-0.1, -0.05) is 53.9 Å². The SMILES string of the molecule is CCCCCCO[C@H]1C[C@@]2(C)[C@@H](CC[C@@H]3[C@@H]2[C@H](NCCC(C)C)C[C@]2(C)[C@@H](C(=O)OC)CC[C@@H]32)C[C@@H]1O. The number of unbranched alkanes of at least 4 members (excludes halogenated alkanes) is 3. The first-order valence-corrected chi connectivity index (χ1v) is 15.8. The number of fused-ring (bicyclic) bond motifs is 5. The molecule has 214 valence electrons. The first-order valence-electron chi connectivity index (χ1n) is 15.8. The normalized spacial score (nSPS) is 43.2. The monoisotopic (exact) mass is 519 g/mol. The van der Waals surface area contributed by atoms with Gasteiger partial charge >= 0.3 is 5.97 Å². The first kappa shape index (κ1) is 29.3. The highest BCUT2D eigenvalue weighted by atomic mass is 16.5. The standard InChI is InChI=1S/C32H57NO4/c1-7-8-9-10-17-37-28-20-31(4)22(18-27(28)34)11-12-23-24-13-14-25(30(35)36-6)32(24,5)19-26(29(23)31)33-16-15-21(2)3/h21-29,33-34H,7-20H2,1-6H3/t22-,23-,24-,25+,26+,27-,28-,29+,31-,32-/m0/s1. The molecule has 10 atom stereocenters. The number of aliphatic hydroxyl groups excluding tert-OH is 1. The lowest BCUT2D eigenvalue weighted by Crippen LogP contribution is -2.64. The Labute approximate surface area is 227 Å². The van der Waals surface area contributed by atoms with Crippen LogP contribution in [-0.4, -0.2) is 49.6 Å². The van der Waals surface area contributed by atoms with Crippen LogP contribution in [0.5, 0.6) is 0 Å². The van der Waals surface area contributed by atoms with E-state index in [1.54, 1.807) is 7.11 Å². The summed E-state index contributed by atoms with van der Waals surface area (Å²) < 4.78 is 11.7. The molecule has 0 amide bonds. The number of aliphatic hydroxyl groups is 1. The summed E-state index contributed by atoms with van der Waals surface area (Å²) in [5.74, 6) is 3.05. The molecule has 0 spiro atoms. The number of esters is 1. The maximum atomic E-state index is 12.9. The van der Waals surface area contributed by atoms with Crippen LogP contribution in [0.25, 0.3) is 0 Å². The van der Waals surface area contributed by atoms with E-state index in [1.807, 2.05) is 0 Å². The molecule has 5 nitrogen and oxygen atoms in total. The Bertz CT molecular complexity index is 757. The minimum absolute atomic E-state index is 0.00149. The first-order chi connectivity index (χ1) is 17.7. The second-order valence-corrected chi connectivity index (χ2v) is 14.2. The molecule has 0 aromatic rings. The van der Waals surface area contributed by atoms with Crippen LogP contribution in [-0.2, 0) is 14.3 Å². The van der Waals surface area contributed by atoms with E-state index >= 15 is 0 Å². The minimum atomic E-state index is -0.336. The third-order valence-corrected chi connectivity index (χ3v) is 11.6. The van der Waals surface area contributed by atoms with Crippen LogP contribution in [0.1, 0.15) is 112 Å². The van der Waals surface area contributed by atoms with Gasteiger partial charge in [0.1, 0.15) is 0 Å². The van der Waals surface area contributed by atoms with Crippen LogP contribution in [0, 0.1) is 46.3 Å². The zero-order valence-corrected chi connectivity index (χ0v) is 24.8. The number of carbonyl (C=O) groups is 1. The molecule has 4 aliphatic rings. The van der Waals surface area contributed by atoms with E-state index in [4.69, 9.17) is 9.47 Å². The quantitative estimate of drug-likeness (QED) is 0.245. The van der Waals surface area contributed by atoms with Crippen molar-refractivity contribution in [2.24, 2.45) is 46.3 Å². The largest absolute Gasteiger partial charge is 0.469 e. The smallest absolute Gasteiger partial charge is 0.309 e. The van der Waals surface area contributed by atoms with E-state index in [0.717, 1.165) is 51.7 Å². The Balaban J connectivity index is 1.58. The fourth-order valence-electron chi connectivity index (χ4n) is 9.66. The summed E-state index contributed by atoms with van der Waals surface area (Å²) in [5.41, 5.74) is 0.173. The van der Waals surface area contributed by atoms with Crippen LogP contribution in [0.15, 0.2) is 0 Å². The van der Waals surface area contributed by atoms with Crippen molar-refractivity contribution in [3.63, 3.8) is 0 Å². The third kappa shape index (κ3) is 5.80. The molecule has 4 rings (SSSR count). The molecule has 4 aliphatic carbocycles. The van der Waals surface area contributed by atoms with Gasteiger partial charge in [0.05, 0.1) is 25.2 Å². The molecule has 0 aromatic carbocycles. The number of hydrogen-bond donors (Lipinski definition) is 2. The highest BCUT2D eigenvalue weighted by Crippen LogP contribution is 2.67. The Morgan fingerprint density at radius 3 is 2.54 bits per heavy atom. The molecule has 4 saturated carbocycles. The van der Waals surface area contributed by atoms with E-state index < -0.39 is 0 Å². The van der Waals surface area contributed by atoms with Gasteiger partial charge in [-0.2, -0.15) is 0 Å². The predicted molar refractivity (Wildman–Crippen MR) is 149 cm³/mol. The molecule has 2 N–H and O–H groups in total. The van der Waals surface area contributed by atoms with E-state index in [-0.39, 0.29) is 34.9 Å². The van der Waals surface area contributed by atoms with E-state index in [1.165, 1.54) is 38.5 Å². The Kier molecular flexibility index (Phi) is 9.71. The molecule has 0 bridgehead atoms. The van der Waals surface area contributed by atoms with Crippen molar-refractivity contribution in [3.05, 3.63) is 0 Å². The number of ether oxygens (including phenoxy) is 2. The molecule has 4 fully saturated rings. The summed E-state index contributed by atoms with van der Waals surface area (Å²) in [4.78, 5) is 12.9. The number of hydrogen-bond acceptors (Lipinski definition) is 5. The number of nitrogens with one attached hydrogen (secondary N) is 1. The number of methoxy groups -OCH3 is 1. The van der Waals surface area contributed by atoms with Crippen molar-refractivity contribution in [1.82, 2.24) is 5.32 Å². The molecule has 0 aromatic heterocycles. The van der Waals surface area contributed by atoms with Gasteiger partial charge in [-0.05, 0) is 105 Å². The molecule has 5 heteroatoms. The minimum Gasteiger partial charge on any atom is -0.469 e. The maximum absolute atomic E-state index is 12.9. The summed E-state index contributed by atoms with van der Waals surface area (Å²) in [7, 11) is 1.56. The molecule has 0 heterocycles. The fraction of sp³-hybridized carbons (Fsp3) is 0.969. The average molecular weight is 520 g/mol. The predicted octanol–water partition coefficient (Wildman–Crippen LogP) is 6.37. The summed E-state index contributed by atoms with van der Waals surface area (Å²) >= 11 is 0. The number of rotatable bonds is 11. The fourth-order valence-corrected chi connectivity index (χ4v) is 9.66. The van der Waals surface area contributed by atoms with Gasteiger partial charge in [-0.15, -0.1) is 0 Å². The number of carbonyl (C=O) groups excluding carboxylic acids is 1. The second-order valence-electron chi connectivity index (χ2n) is 14.2. The van der Waals surface area contributed by atoms with Crippen molar-refractivity contribution in [3.8, 4) is 0 Å². The van der Waals surface area contributed by atoms with Crippen LogP contribution < -0.4 is 5.32 Å². The van der Waals surface area contributed by atoms with E-state index in [0.29, 0.717) is 35.6 Å². The van der Waals surface area contributed by atoms with Gasteiger partial charge in [0.25, 0.3) is 0 Å². The van der Waals surface area contributed by atoms with Gasteiger partial charge in [0.15, 0.2) is 0 Å². The summed E-state index contributed by atoms with van der Waals surface area (Å²) in [6, 6.07) is 0.406. The summed E-state index contributed by atoms with van der Waals surface area (Å²) in [5, 5.41) is 15.2. The second kappa shape index (κ2) is 12.3. The van der Waals surface area contributed by atoms with Crippen molar-refractivity contribution in [1.29, 1.82) is 0 Å². The van der Waals surface area contributed by atoms with Crippen molar-refractivity contribution in [2.75, 3.05) is 20.3 Å². The topological polar surface area (TPSA) is 67.8 Å². The Morgan fingerprint density at radius 1 is 1.05 bits per heavy atom. The molecule has 0 saturated heterocycles. The summed E-state index contributed by atoms with van der Waals surface area (Å²) in [6.07, 6.45) is 13.1. The van der Waals surface area contributed by atoms with Crippen LogP contribution in [0.3, 0.4) is 0 Å². The lowest BCUT2D eigenvalue weighted by atomic mass is 9.43. The molecular formula is C32H57NO4. The molecule has 0 unspecified atom stereocenters. The van der Waals surface area contributed by atoms with Gasteiger partial charge in [-0.25, -0.2) is 0 Å². The molecular weight excluding hydrogens is 462 g/mol. The molecule has 0 radical (unpaired) electrons. The van der Waals surface area contributed by atoms with Crippen LogP contribution >= 0.6 is 0 Å². The van der Waals surface area contributed by atoms with Crippen molar-refractivity contribution < 1.29 is 19.4 Å². The zero-order chi connectivity index (χ0) is 26.8. The lowest BCUT2D eigenvalue weighted by Gasteiger charge is -2.64. The van der Waals surface area contributed by atoms with Gasteiger partial charge in [0, 0.05) is 12.6 Å². The Hall–Kier alpha value is -0.650. The highest BCUT2D eigenvalue weighted by molar-refractivity contribution is 5.74. The van der Waals surface area contributed by atoms with Gasteiger partial charge < -0.3 is 19.9 Å². The maximum Gasteiger partial charge on any atom is 0.309 e. The molecule has 0 aliphatic heterocycles. The van der Waals surface area contributed by atoms with E-state index in [9.17, 15) is 9.90 Å². The van der Waals surface area contributed by atoms with Crippen LogP contribution in [0.2, 0.25) is 0 Å². The van der Waals surface area contributed by atoms with Gasteiger partial charge in [0.2, 0.25) is 0 Å². The zero-order valence-electron chi connectivity index (χ0n) is 24.8.